The van der Waals surface area contributed by atoms with Crippen LogP contribution in [0, 0.1) is 17.2 Å². The molecule has 1 aromatic rings. The third-order valence-electron chi connectivity index (χ3n) is 3.96. The van der Waals surface area contributed by atoms with Gasteiger partial charge in [0.1, 0.15) is 0 Å². The van der Waals surface area contributed by atoms with Gasteiger partial charge in [-0.1, -0.05) is 25.0 Å². The summed E-state index contributed by atoms with van der Waals surface area (Å²) in [5, 5.41) is 12.6. The van der Waals surface area contributed by atoms with E-state index in [9.17, 15) is 0 Å². The van der Waals surface area contributed by atoms with Crippen molar-refractivity contribution >= 4 is 5.69 Å². The highest BCUT2D eigenvalue weighted by Gasteiger charge is 2.19. The van der Waals surface area contributed by atoms with Gasteiger partial charge in [-0.05, 0) is 50.3 Å². The summed E-state index contributed by atoms with van der Waals surface area (Å²) in [6.45, 7) is 4.99. The molecule has 0 atom stereocenters. The van der Waals surface area contributed by atoms with Gasteiger partial charge in [0.15, 0.2) is 0 Å². The highest BCUT2D eigenvalue weighted by Crippen LogP contribution is 2.26. The molecule has 0 heterocycles. The monoisotopic (exact) mass is 242 g/mol. The maximum Gasteiger partial charge on any atom is 0.0766 e. The molecule has 0 amide bonds. The largest absolute Gasteiger partial charge is 0.385 e. The van der Waals surface area contributed by atoms with E-state index in [1.165, 1.54) is 31.4 Å². The molecular weight excluding hydrogens is 220 g/mol. The lowest BCUT2D eigenvalue weighted by Crippen LogP contribution is -2.14. The van der Waals surface area contributed by atoms with Crippen LogP contribution < -0.4 is 5.32 Å². The Morgan fingerprint density at radius 3 is 2.39 bits per heavy atom. The molecule has 18 heavy (non-hydrogen) atoms. The Labute approximate surface area is 110 Å². The molecule has 96 valence electrons. The quantitative estimate of drug-likeness (QED) is 0.863. The molecule has 0 unspecified atom stereocenters. The van der Waals surface area contributed by atoms with Crippen molar-refractivity contribution in [1.29, 1.82) is 5.26 Å². The lowest BCUT2D eigenvalue weighted by Gasteiger charge is -2.17. The highest BCUT2D eigenvalue weighted by atomic mass is 14.9. The second-order valence-electron chi connectivity index (χ2n) is 5.85. The van der Waals surface area contributed by atoms with Crippen molar-refractivity contribution < 1.29 is 0 Å². The van der Waals surface area contributed by atoms with Crippen LogP contribution in [0.5, 0.6) is 0 Å². The molecule has 1 saturated carbocycles. The first kappa shape index (κ1) is 13.0. The molecule has 2 heteroatoms. The Kier molecular flexibility index (Phi) is 3.91. The molecule has 0 spiro atoms. The van der Waals surface area contributed by atoms with Crippen molar-refractivity contribution in [2.75, 3.05) is 11.9 Å². The molecule has 0 aromatic heterocycles. The normalized spacial score (nSPS) is 16.5. The van der Waals surface area contributed by atoms with Crippen LogP contribution in [0.3, 0.4) is 0 Å². The van der Waals surface area contributed by atoms with Gasteiger partial charge in [0.25, 0.3) is 0 Å². The third kappa shape index (κ3) is 3.04. The summed E-state index contributed by atoms with van der Waals surface area (Å²) >= 11 is 0. The smallest absolute Gasteiger partial charge is 0.0766 e. The van der Waals surface area contributed by atoms with Crippen LogP contribution in [0.1, 0.15) is 45.1 Å². The van der Waals surface area contributed by atoms with E-state index < -0.39 is 5.41 Å². The van der Waals surface area contributed by atoms with E-state index in [1.54, 1.807) is 0 Å². The summed E-state index contributed by atoms with van der Waals surface area (Å²) in [5.41, 5.74) is 1.85. The van der Waals surface area contributed by atoms with Crippen LogP contribution in [0.4, 0.5) is 5.69 Å². The van der Waals surface area contributed by atoms with Gasteiger partial charge in [0.05, 0.1) is 11.5 Å². The van der Waals surface area contributed by atoms with Crippen LogP contribution in [0.15, 0.2) is 24.3 Å². The first-order chi connectivity index (χ1) is 8.62. The average Bonchev–Trinajstić information content (AvgIpc) is 2.90. The molecule has 0 radical (unpaired) electrons. The number of hydrogen-bond acceptors (Lipinski definition) is 2. The lowest BCUT2D eigenvalue weighted by molar-refractivity contribution is 0.580. The standard InChI is InChI=1S/C16H22N2/c1-16(2,12-17)14-7-9-15(10-8-14)18-11-13-5-3-4-6-13/h7-10,13,18H,3-6,11H2,1-2H3. The number of benzene rings is 1. The second kappa shape index (κ2) is 5.44. The minimum Gasteiger partial charge on any atom is -0.385 e. The highest BCUT2D eigenvalue weighted by molar-refractivity contribution is 5.47. The zero-order valence-electron chi connectivity index (χ0n) is 11.4. The fraction of sp³-hybridized carbons (Fsp3) is 0.562. The summed E-state index contributed by atoms with van der Waals surface area (Å²) in [6, 6.07) is 10.6. The molecule has 2 rings (SSSR count). The molecule has 0 saturated heterocycles. The number of nitrogens with one attached hydrogen (secondary N) is 1. The summed E-state index contributed by atoms with van der Waals surface area (Å²) in [5.74, 6) is 0.847. The zero-order chi connectivity index (χ0) is 13.0. The molecule has 0 bridgehead atoms. The fourth-order valence-corrected chi connectivity index (χ4v) is 2.55. The Morgan fingerprint density at radius 2 is 1.83 bits per heavy atom. The minimum absolute atomic E-state index is 0.399. The van der Waals surface area contributed by atoms with Gasteiger partial charge in [-0.15, -0.1) is 0 Å². The van der Waals surface area contributed by atoms with Crippen molar-refractivity contribution in [2.45, 2.75) is 44.9 Å². The van der Waals surface area contributed by atoms with E-state index in [0.717, 1.165) is 18.0 Å². The van der Waals surface area contributed by atoms with Crippen molar-refractivity contribution in [1.82, 2.24) is 0 Å². The Morgan fingerprint density at radius 1 is 1.22 bits per heavy atom. The first-order valence-corrected chi connectivity index (χ1v) is 6.87. The molecule has 1 fully saturated rings. The number of nitriles is 1. The van der Waals surface area contributed by atoms with Gasteiger partial charge in [0, 0.05) is 12.2 Å². The van der Waals surface area contributed by atoms with Crippen LogP contribution in [0.25, 0.3) is 0 Å². The molecule has 1 aliphatic carbocycles. The van der Waals surface area contributed by atoms with Crippen LogP contribution in [0.2, 0.25) is 0 Å². The third-order valence-corrected chi connectivity index (χ3v) is 3.96. The van der Waals surface area contributed by atoms with Crippen LogP contribution >= 0.6 is 0 Å². The summed E-state index contributed by atoms with van der Waals surface area (Å²) in [4.78, 5) is 0. The maximum atomic E-state index is 9.10. The van der Waals surface area contributed by atoms with Gasteiger partial charge in [-0.25, -0.2) is 0 Å². The molecule has 1 N–H and O–H groups in total. The topological polar surface area (TPSA) is 35.8 Å². The molecule has 2 nitrogen and oxygen atoms in total. The van der Waals surface area contributed by atoms with Gasteiger partial charge >= 0.3 is 0 Å². The van der Waals surface area contributed by atoms with E-state index in [-0.39, 0.29) is 0 Å². The average molecular weight is 242 g/mol. The minimum atomic E-state index is -0.399. The molecule has 1 aromatic carbocycles. The molecule has 0 aliphatic heterocycles. The second-order valence-corrected chi connectivity index (χ2v) is 5.85. The van der Waals surface area contributed by atoms with Gasteiger partial charge in [0.2, 0.25) is 0 Å². The lowest BCUT2D eigenvalue weighted by atomic mass is 9.86. The van der Waals surface area contributed by atoms with Gasteiger partial charge < -0.3 is 5.32 Å². The fourth-order valence-electron chi connectivity index (χ4n) is 2.55. The van der Waals surface area contributed by atoms with Crippen molar-refractivity contribution in [2.24, 2.45) is 5.92 Å². The Hall–Kier alpha value is -1.49. The Balaban J connectivity index is 1.93. The van der Waals surface area contributed by atoms with Crippen molar-refractivity contribution in [3.05, 3.63) is 29.8 Å². The van der Waals surface area contributed by atoms with Crippen LogP contribution in [-0.4, -0.2) is 6.54 Å². The van der Waals surface area contributed by atoms with Gasteiger partial charge in [-0.3, -0.25) is 0 Å². The maximum absolute atomic E-state index is 9.10. The van der Waals surface area contributed by atoms with Crippen molar-refractivity contribution in [3.63, 3.8) is 0 Å². The van der Waals surface area contributed by atoms with E-state index in [1.807, 2.05) is 13.8 Å². The number of rotatable bonds is 4. The van der Waals surface area contributed by atoms with E-state index in [2.05, 4.69) is 35.7 Å². The first-order valence-electron chi connectivity index (χ1n) is 6.87. The number of hydrogen-bond donors (Lipinski definition) is 1. The van der Waals surface area contributed by atoms with Crippen LogP contribution in [-0.2, 0) is 5.41 Å². The number of anilines is 1. The Bertz CT molecular complexity index is 419. The predicted molar refractivity (Wildman–Crippen MR) is 75.5 cm³/mol. The number of nitrogens with zero attached hydrogens (tertiary/aromatic N) is 1. The summed E-state index contributed by atoms with van der Waals surface area (Å²) in [6.07, 6.45) is 5.52. The summed E-state index contributed by atoms with van der Waals surface area (Å²) < 4.78 is 0. The molecule has 1 aliphatic rings. The van der Waals surface area contributed by atoms with Gasteiger partial charge in [-0.2, -0.15) is 5.26 Å². The molecular formula is C16H22N2. The van der Waals surface area contributed by atoms with E-state index in [0.29, 0.717) is 0 Å². The van der Waals surface area contributed by atoms with Crippen molar-refractivity contribution in [3.8, 4) is 6.07 Å². The van der Waals surface area contributed by atoms with E-state index >= 15 is 0 Å². The zero-order valence-corrected chi connectivity index (χ0v) is 11.4. The predicted octanol–water partition coefficient (Wildman–Crippen LogP) is 4.09. The summed E-state index contributed by atoms with van der Waals surface area (Å²) in [7, 11) is 0. The van der Waals surface area contributed by atoms with E-state index in [4.69, 9.17) is 5.26 Å². The SMILES string of the molecule is CC(C)(C#N)c1ccc(NCC2CCCC2)cc1.